The molecule has 2 aromatic carbocycles. The van der Waals surface area contributed by atoms with E-state index in [0.29, 0.717) is 43.9 Å². The van der Waals surface area contributed by atoms with Crippen molar-refractivity contribution in [2.75, 3.05) is 26.2 Å². The number of likely N-dealkylation sites (tertiary alicyclic amines) is 1. The number of rotatable bonds is 5. The summed E-state index contributed by atoms with van der Waals surface area (Å²) in [4.78, 5) is 42.2. The molecule has 35 heavy (non-hydrogen) atoms. The second kappa shape index (κ2) is 11.0. The molecule has 7 nitrogen and oxygen atoms in total. The molecule has 2 aliphatic rings. The number of aryl methyl sites for hydroxylation is 1. The fourth-order valence-corrected chi connectivity index (χ4v) is 4.88. The Hall–Kier alpha value is -3.19. The lowest BCUT2D eigenvalue weighted by Gasteiger charge is -2.35. The fraction of sp³-hybridized carbons (Fsp3) is 0.464. The molecule has 3 atom stereocenters. The molecule has 3 unspecified atom stereocenters. The minimum absolute atomic E-state index is 0.00289. The molecule has 7 heteroatoms. The quantitative estimate of drug-likeness (QED) is 0.716. The van der Waals surface area contributed by atoms with E-state index in [4.69, 9.17) is 4.74 Å². The standard InChI is InChI=1S/C28H35N3O4/c1-19-6-10-23(11-7-19)27(33)30-14-4-5-25(18-30)26(32)29-15-22-8-12-24(13-9-22)28(34)31-16-20(2)35-21(3)17-31/h6-13,20-21,25H,4-5,14-18H2,1-3H3,(H,29,32). The predicted molar refractivity (Wildman–Crippen MR) is 134 cm³/mol. The third-order valence-electron chi connectivity index (χ3n) is 6.75. The van der Waals surface area contributed by atoms with Gasteiger partial charge in [0.2, 0.25) is 5.91 Å². The minimum Gasteiger partial charge on any atom is -0.372 e. The molecule has 4 rings (SSSR count). The van der Waals surface area contributed by atoms with Crippen molar-refractivity contribution in [3.05, 3.63) is 70.8 Å². The number of piperidine rings is 1. The maximum Gasteiger partial charge on any atom is 0.254 e. The van der Waals surface area contributed by atoms with Crippen molar-refractivity contribution in [2.24, 2.45) is 5.92 Å². The van der Waals surface area contributed by atoms with Gasteiger partial charge < -0.3 is 19.9 Å². The number of hydrogen-bond donors (Lipinski definition) is 1. The topological polar surface area (TPSA) is 79.0 Å². The van der Waals surface area contributed by atoms with Gasteiger partial charge in [0.25, 0.3) is 11.8 Å². The zero-order chi connectivity index (χ0) is 24.9. The van der Waals surface area contributed by atoms with E-state index in [-0.39, 0.29) is 35.8 Å². The molecule has 1 N–H and O–H groups in total. The summed E-state index contributed by atoms with van der Waals surface area (Å²) in [5.41, 5.74) is 3.34. The summed E-state index contributed by atoms with van der Waals surface area (Å²) >= 11 is 0. The molecule has 2 fully saturated rings. The molecule has 0 bridgehead atoms. The molecule has 186 valence electrons. The Morgan fingerprint density at radius 2 is 1.43 bits per heavy atom. The number of carbonyl (C=O) groups is 3. The summed E-state index contributed by atoms with van der Waals surface area (Å²) in [6.45, 7) is 8.62. The Kier molecular flexibility index (Phi) is 7.86. The van der Waals surface area contributed by atoms with E-state index in [0.717, 1.165) is 24.0 Å². The van der Waals surface area contributed by atoms with Crippen LogP contribution >= 0.6 is 0 Å². The van der Waals surface area contributed by atoms with Gasteiger partial charge in [-0.15, -0.1) is 0 Å². The van der Waals surface area contributed by atoms with Crippen LogP contribution in [0.1, 0.15) is 58.5 Å². The van der Waals surface area contributed by atoms with Gasteiger partial charge in [-0.25, -0.2) is 0 Å². The highest BCUT2D eigenvalue weighted by Crippen LogP contribution is 2.20. The van der Waals surface area contributed by atoms with E-state index in [1.54, 1.807) is 4.90 Å². The van der Waals surface area contributed by atoms with Crippen LogP contribution in [0.25, 0.3) is 0 Å². The third kappa shape index (κ3) is 6.28. The molecule has 2 aromatic rings. The van der Waals surface area contributed by atoms with Crippen molar-refractivity contribution in [2.45, 2.75) is 52.4 Å². The van der Waals surface area contributed by atoms with Crippen LogP contribution in [-0.2, 0) is 16.1 Å². The molecule has 0 saturated carbocycles. The molecule has 2 aliphatic heterocycles. The molecule has 0 spiro atoms. The summed E-state index contributed by atoms with van der Waals surface area (Å²) in [6, 6.07) is 15.0. The van der Waals surface area contributed by atoms with Gasteiger partial charge in [-0.05, 0) is 63.4 Å². The Morgan fingerprint density at radius 1 is 0.857 bits per heavy atom. The van der Waals surface area contributed by atoms with Crippen LogP contribution < -0.4 is 5.32 Å². The first-order chi connectivity index (χ1) is 16.8. The number of hydrogen-bond acceptors (Lipinski definition) is 4. The van der Waals surface area contributed by atoms with E-state index >= 15 is 0 Å². The first kappa shape index (κ1) is 24.9. The zero-order valence-corrected chi connectivity index (χ0v) is 20.8. The fourth-order valence-electron chi connectivity index (χ4n) is 4.88. The van der Waals surface area contributed by atoms with Crippen molar-refractivity contribution in [1.29, 1.82) is 0 Å². The number of nitrogens with zero attached hydrogens (tertiary/aromatic N) is 2. The molecule has 0 aliphatic carbocycles. The number of amides is 3. The highest BCUT2D eigenvalue weighted by Gasteiger charge is 2.29. The van der Waals surface area contributed by atoms with Crippen LogP contribution in [0.2, 0.25) is 0 Å². The average Bonchev–Trinajstić information content (AvgIpc) is 2.86. The van der Waals surface area contributed by atoms with Crippen LogP contribution in [0.3, 0.4) is 0 Å². The lowest BCUT2D eigenvalue weighted by molar-refractivity contribution is -0.126. The first-order valence-corrected chi connectivity index (χ1v) is 12.5. The first-order valence-electron chi connectivity index (χ1n) is 12.5. The SMILES string of the molecule is Cc1ccc(C(=O)N2CCCC(C(=O)NCc3ccc(C(=O)N4CC(C)OC(C)C4)cc3)C2)cc1. The van der Waals surface area contributed by atoms with Gasteiger partial charge >= 0.3 is 0 Å². The Bertz CT molecular complexity index is 1040. The van der Waals surface area contributed by atoms with Gasteiger partial charge in [0, 0.05) is 43.9 Å². The molecular weight excluding hydrogens is 442 g/mol. The van der Waals surface area contributed by atoms with Crippen molar-refractivity contribution in [3.63, 3.8) is 0 Å². The van der Waals surface area contributed by atoms with Crippen LogP contribution in [0.15, 0.2) is 48.5 Å². The Morgan fingerprint density at radius 3 is 2.06 bits per heavy atom. The maximum atomic E-state index is 12.9. The highest BCUT2D eigenvalue weighted by atomic mass is 16.5. The van der Waals surface area contributed by atoms with Gasteiger partial charge in [0.1, 0.15) is 0 Å². The lowest BCUT2D eigenvalue weighted by Crippen LogP contribution is -2.48. The van der Waals surface area contributed by atoms with E-state index in [1.165, 1.54) is 0 Å². The monoisotopic (exact) mass is 477 g/mol. The van der Waals surface area contributed by atoms with Crippen molar-refractivity contribution >= 4 is 17.7 Å². The van der Waals surface area contributed by atoms with Gasteiger partial charge in [-0.1, -0.05) is 29.8 Å². The van der Waals surface area contributed by atoms with Crippen molar-refractivity contribution < 1.29 is 19.1 Å². The normalized spacial score (nSPS) is 22.5. The zero-order valence-electron chi connectivity index (χ0n) is 20.8. The van der Waals surface area contributed by atoms with E-state index in [1.807, 2.05) is 74.2 Å². The summed E-state index contributed by atoms with van der Waals surface area (Å²) < 4.78 is 5.72. The molecule has 0 aromatic heterocycles. The lowest BCUT2D eigenvalue weighted by atomic mass is 9.96. The summed E-state index contributed by atoms with van der Waals surface area (Å²) in [6.07, 6.45) is 1.64. The predicted octanol–water partition coefficient (Wildman–Crippen LogP) is 3.41. The summed E-state index contributed by atoms with van der Waals surface area (Å²) in [5, 5.41) is 3.01. The third-order valence-corrected chi connectivity index (χ3v) is 6.75. The Balaban J connectivity index is 1.29. The molecule has 3 amide bonds. The highest BCUT2D eigenvalue weighted by molar-refractivity contribution is 5.95. The number of benzene rings is 2. The molecule has 0 radical (unpaired) electrons. The minimum atomic E-state index is -0.218. The van der Waals surface area contributed by atoms with E-state index < -0.39 is 0 Å². The number of ether oxygens (including phenoxy) is 1. The number of morpholine rings is 1. The number of nitrogens with one attached hydrogen (secondary N) is 1. The van der Waals surface area contributed by atoms with Crippen LogP contribution in [0.5, 0.6) is 0 Å². The average molecular weight is 478 g/mol. The summed E-state index contributed by atoms with van der Waals surface area (Å²) in [5.74, 6) is -0.276. The van der Waals surface area contributed by atoms with E-state index in [2.05, 4.69) is 5.32 Å². The number of carbonyl (C=O) groups excluding carboxylic acids is 3. The van der Waals surface area contributed by atoms with E-state index in [9.17, 15) is 14.4 Å². The van der Waals surface area contributed by atoms with Gasteiger partial charge in [0.15, 0.2) is 0 Å². The summed E-state index contributed by atoms with van der Waals surface area (Å²) in [7, 11) is 0. The van der Waals surface area contributed by atoms with Crippen molar-refractivity contribution in [1.82, 2.24) is 15.1 Å². The molecular formula is C28H35N3O4. The maximum absolute atomic E-state index is 12.9. The molecule has 2 saturated heterocycles. The molecule has 2 heterocycles. The van der Waals surface area contributed by atoms with Gasteiger partial charge in [0.05, 0.1) is 18.1 Å². The second-order valence-corrected chi connectivity index (χ2v) is 9.84. The Labute approximate surface area is 207 Å². The largest absolute Gasteiger partial charge is 0.372 e. The van der Waals surface area contributed by atoms with Gasteiger partial charge in [-0.2, -0.15) is 0 Å². The second-order valence-electron chi connectivity index (χ2n) is 9.84. The van der Waals surface area contributed by atoms with Crippen LogP contribution in [-0.4, -0.2) is 65.9 Å². The van der Waals surface area contributed by atoms with Crippen LogP contribution in [0.4, 0.5) is 0 Å². The smallest absolute Gasteiger partial charge is 0.254 e. The van der Waals surface area contributed by atoms with Crippen LogP contribution in [0, 0.1) is 12.8 Å². The van der Waals surface area contributed by atoms with Crippen molar-refractivity contribution in [3.8, 4) is 0 Å². The van der Waals surface area contributed by atoms with Gasteiger partial charge in [-0.3, -0.25) is 14.4 Å².